The molecule has 0 N–H and O–H groups in total. The van der Waals surface area contributed by atoms with Crippen LogP contribution in [0.1, 0.15) is 22.3 Å². The molecule has 0 unspecified atom stereocenters. The normalized spacial score (nSPS) is 11.1. The maximum atomic E-state index is 2.33. The molecular formula is C26H26N+. The fourth-order valence-electron chi connectivity index (χ4n) is 4.18. The lowest BCUT2D eigenvalue weighted by Crippen LogP contribution is -2.30. The zero-order chi connectivity index (χ0) is 19.1. The van der Waals surface area contributed by atoms with Gasteiger partial charge in [-0.2, -0.15) is 0 Å². The summed E-state index contributed by atoms with van der Waals surface area (Å²) in [6.45, 7) is 8.76. The van der Waals surface area contributed by atoms with E-state index >= 15 is 0 Å². The zero-order valence-electron chi connectivity index (χ0n) is 16.8. The molecule has 1 heterocycles. The number of aromatic nitrogens is 1. The van der Waals surface area contributed by atoms with Gasteiger partial charge in [0.25, 0.3) is 0 Å². The number of fused-ring (bicyclic) bond motifs is 1. The molecule has 27 heavy (non-hydrogen) atoms. The molecule has 4 rings (SSSR count). The Morgan fingerprint density at radius 1 is 0.704 bits per heavy atom. The lowest BCUT2D eigenvalue weighted by atomic mass is 9.91. The number of hydrogen-bond donors (Lipinski definition) is 0. The molecule has 0 amide bonds. The van der Waals surface area contributed by atoms with E-state index in [0.717, 1.165) is 0 Å². The summed E-state index contributed by atoms with van der Waals surface area (Å²) in [7, 11) is 2.13. The summed E-state index contributed by atoms with van der Waals surface area (Å²) >= 11 is 0. The second-order valence-electron chi connectivity index (χ2n) is 7.66. The maximum Gasteiger partial charge on any atom is 0.220 e. The molecule has 0 aliphatic carbocycles. The van der Waals surface area contributed by atoms with Gasteiger partial charge in [-0.15, -0.1) is 0 Å². The molecule has 0 radical (unpaired) electrons. The topological polar surface area (TPSA) is 3.88 Å². The van der Waals surface area contributed by atoms with E-state index in [1.54, 1.807) is 0 Å². The van der Waals surface area contributed by atoms with Crippen molar-refractivity contribution in [2.45, 2.75) is 27.7 Å². The third-order valence-corrected chi connectivity index (χ3v) is 5.54. The monoisotopic (exact) mass is 352 g/mol. The van der Waals surface area contributed by atoms with Crippen molar-refractivity contribution in [1.82, 2.24) is 0 Å². The molecule has 0 saturated heterocycles. The molecule has 0 fully saturated rings. The smallest absolute Gasteiger partial charge is 0.200 e. The number of aryl methyl sites for hydroxylation is 5. The van der Waals surface area contributed by atoms with Gasteiger partial charge in [0.2, 0.25) is 5.69 Å². The zero-order valence-corrected chi connectivity index (χ0v) is 16.8. The van der Waals surface area contributed by atoms with Crippen molar-refractivity contribution in [2.24, 2.45) is 7.05 Å². The van der Waals surface area contributed by atoms with E-state index in [0.29, 0.717) is 0 Å². The first-order valence-corrected chi connectivity index (χ1v) is 9.52. The predicted molar refractivity (Wildman–Crippen MR) is 115 cm³/mol. The Kier molecular flexibility index (Phi) is 4.31. The van der Waals surface area contributed by atoms with Gasteiger partial charge in [-0.3, -0.25) is 0 Å². The molecule has 0 saturated carbocycles. The van der Waals surface area contributed by atoms with E-state index in [9.17, 15) is 0 Å². The molecule has 1 nitrogen and oxygen atoms in total. The number of benzene rings is 3. The van der Waals surface area contributed by atoms with E-state index in [1.165, 1.54) is 55.4 Å². The molecule has 0 spiro atoms. The maximum absolute atomic E-state index is 2.33. The standard InChI is InChI=1S/C26H26N/c1-17-9-11-24-21(15-17)13-14-27(5)26(24)23-12-10-22(16-20(23)4)25-18(2)7-6-8-19(25)3/h6-16H,1-5H3/q+1. The minimum Gasteiger partial charge on any atom is -0.200 e. The van der Waals surface area contributed by atoms with Crippen LogP contribution in [0.2, 0.25) is 0 Å². The van der Waals surface area contributed by atoms with Gasteiger partial charge >= 0.3 is 0 Å². The van der Waals surface area contributed by atoms with Crippen molar-refractivity contribution < 1.29 is 4.57 Å². The Balaban J connectivity index is 1.92. The molecule has 0 bridgehead atoms. The van der Waals surface area contributed by atoms with E-state index in [-0.39, 0.29) is 0 Å². The van der Waals surface area contributed by atoms with Crippen LogP contribution in [-0.2, 0) is 7.05 Å². The molecule has 0 aliphatic heterocycles. The molecular weight excluding hydrogens is 326 g/mol. The molecule has 0 atom stereocenters. The Morgan fingerprint density at radius 3 is 2.15 bits per heavy atom. The minimum absolute atomic E-state index is 1.28. The van der Waals surface area contributed by atoms with Crippen LogP contribution in [0.25, 0.3) is 33.2 Å². The van der Waals surface area contributed by atoms with Crippen LogP contribution in [0.15, 0.2) is 66.9 Å². The number of rotatable bonds is 2. The van der Waals surface area contributed by atoms with E-state index in [4.69, 9.17) is 0 Å². The Bertz CT molecular complexity index is 1150. The summed E-state index contributed by atoms with van der Waals surface area (Å²) in [4.78, 5) is 0. The van der Waals surface area contributed by atoms with E-state index in [1.807, 2.05) is 0 Å². The fourth-order valence-corrected chi connectivity index (χ4v) is 4.18. The van der Waals surface area contributed by atoms with Crippen LogP contribution >= 0.6 is 0 Å². The molecule has 3 aromatic carbocycles. The minimum atomic E-state index is 1.28. The van der Waals surface area contributed by atoms with Crippen LogP contribution in [0.3, 0.4) is 0 Å². The van der Waals surface area contributed by atoms with Gasteiger partial charge in [0.05, 0.1) is 5.39 Å². The van der Waals surface area contributed by atoms with Crippen LogP contribution < -0.4 is 4.57 Å². The third kappa shape index (κ3) is 3.04. The van der Waals surface area contributed by atoms with Gasteiger partial charge in [0.15, 0.2) is 6.20 Å². The van der Waals surface area contributed by atoms with Gasteiger partial charge in [0.1, 0.15) is 7.05 Å². The van der Waals surface area contributed by atoms with Crippen molar-refractivity contribution in [1.29, 1.82) is 0 Å². The summed E-state index contributed by atoms with van der Waals surface area (Å²) in [5, 5.41) is 2.59. The highest BCUT2D eigenvalue weighted by molar-refractivity contribution is 5.94. The summed E-state index contributed by atoms with van der Waals surface area (Å²) in [5.41, 5.74) is 10.5. The first kappa shape index (κ1) is 17.5. The largest absolute Gasteiger partial charge is 0.220 e. The lowest BCUT2D eigenvalue weighted by molar-refractivity contribution is -0.659. The van der Waals surface area contributed by atoms with Crippen molar-refractivity contribution >= 4 is 10.8 Å². The fraction of sp³-hybridized carbons (Fsp3) is 0.192. The highest BCUT2D eigenvalue weighted by atomic mass is 14.9. The lowest BCUT2D eigenvalue weighted by Gasteiger charge is -2.13. The molecule has 134 valence electrons. The SMILES string of the molecule is Cc1ccc2c(-c3ccc(-c4c(C)cccc4C)cc3C)[n+](C)ccc2c1. The molecule has 1 aromatic heterocycles. The number of nitrogens with zero attached hydrogens (tertiary/aromatic N) is 1. The highest BCUT2D eigenvalue weighted by Gasteiger charge is 2.18. The van der Waals surface area contributed by atoms with Crippen LogP contribution in [0, 0.1) is 27.7 Å². The van der Waals surface area contributed by atoms with Crippen molar-refractivity contribution in [3.8, 4) is 22.4 Å². The summed E-state index contributed by atoms with van der Waals surface area (Å²) in [5.74, 6) is 0. The van der Waals surface area contributed by atoms with Gasteiger partial charge in [0, 0.05) is 11.6 Å². The number of pyridine rings is 1. The van der Waals surface area contributed by atoms with E-state index in [2.05, 4.69) is 106 Å². The second-order valence-corrected chi connectivity index (χ2v) is 7.66. The number of hydrogen-bond acceptors (Lipinski definition) is 0. The molecule has 4 aromatic rings. The van der Waals surface area contributed by atoms with Gasteiger partial charge < -0.3 is 0 Å². The second kappa shape index (κ2) is 6.66. The Hall–Kier alpha value is -2.93. The molecule has 1 heteroatoms. The average molecular weight is 353 g/mol. The van der Waals surface area contributed by atoms with Crippen molar-refractivity contribution in [3.05, 3.63) is 89.1 Å². The summed E-state index contributed by atoms with van der Waals surface area (Å²) < 4.78 is 2.23. The van der Waals surface area contributed by atoms with E-state index < -0.39 is 0 Å². The van der Waals surface area contributed by atoms with Crippen LogP contribution in [0.4, 0.5) is 0 Å². The summed E-state index contributed by atoms with van der Waals surface area (Å²) in [6.07, 6.45) is 2.16. The van der Waals surface area contributed by atoms with Crippen LogP contribution in [-0.4, -0.2) is 0 Å². The Labute approximate surface area is 161 Å². The van der Waals surface area contributed by atoms with Gasteiger partial charge in [-0.25, -0.2) is 4.57 Å². The summed E-state index contributed by atoms with van der Waals surface area (Å²) in [6, 6.07) is 22.3. The average Bonchev–Trinajstić information content (AvgIpc) is 2.62. The Morgan fingerprint density at radius 2 is 1.44 bits per heavy atom. The first-order valence-electron chi connectivity index (χ1n) is 9.52. The predicted octanol–water partition coefficient (Wildman–Crippen LogP) is 6.23. The van der Waals surface area contributed by atoms with Crippen molar-refractivity contribution in [2.75, 3.05) is 0 Å². The third-order valence-electron chi connectivity index (χ3n) is 5.54. The highest BCUT2D eigenvalue weighted by Crippen LogP contribution is 2.33. The van der Waals surface area contributed by atoms with Gasteiger partial charge in [-0.05, 0) is 73.0 Å². The quantitative estimate of drug-likeness (QED) is 0.376. The first-order chi connectivity index (χ1) is 13.0. The molecule has 0 aliphatic rings. The van der Waals surface area contributed by atoms with Crippen molar-refractivity contribution in [3.63, 3.8) is 0 Å². The van der Waals surface area contributed by atoms with Crippen LogP contribution in [0.5, 0.6) is 0 Å². The van der Waals surface area contributed by atoms with Gasteiger partial charge in [-0.1, -0.05) is 48.0 Å².